The Morgan fingerprint density at radius 3 is 0.972 bits per heavy atom. The first-order valence-electron chi connectivity index (χ1n) is 37.8. The molecule has 108 heavy (non-hydrogen) atoms. The van der Waals surface area contributed by atoms with E-state index in [0.717, 1.165) is 95.3 Å². The Kier molecular flexibility index (Phi) is 15.3. The molecule has 0 atom stereocenters. The van der Waals surface area contributed by atoms with Crippen LogP contribution in [-0.2, 0) is 10.8 Å². The Bertz CT molecular complexity index is 6530. The summed E-state index contributed by atoms with van der Waals surface area (Å²) in [5.74, 6) is 0. The first kappa shape index (κ1) is 64.2. The van der Waals surface area contributed by atoms with Gasteiger partial charge in [-0.1, -0.05) is 355 Å². The molecule has 0 spiro atoms. The maximum absolute atomic E-state index is 2.59. The van der Waals surface area contributed by atoms with E-state index in [-0.39, 0.29) is 10.8 Å². The van der Waals surface area contributed by atoms with Gasteiger partial charge >= 0.3 is 0 Å². The highest BCUT2D eigenvalue weighted by molar-refractivity contribution is 6.24. The lowest BCUT2D eigenvalue weighted by atomic mass is 9.82. The zero-order valence-electron chi connectivity index (χ0n) is 60.8. The number of fused-ring (bicyclic) bond motifs is 12. The minimum Gasteiger partial charge on any atom is -0.309 e. The molecule has 0 fully saturated rings. The van der Waals surface area contributed by atoms with Gasteiger partial charge in [-0.2, -0.15) is 0 Å². The molecule has 0 saturated carbocycles. The summed E-state index contributed by atoms with van der Waals surface area (Å²) < 4.78 is 0. The zero-order chi connectivity index (χ0) is 72.2. The molecule has 0 unspecified atom stereocenters. The zero-order valence-corrected chi connectivity index (χ0v) is 60.8. The van der Waals surface area contributed by atoms with Crippen molar-refractivity contribution in [1.29, 1.82) is 0 Å². The molecule has 2 aliphatic rings. The average Bonchev–Trinajstić information content (AvgIpc) is 1.16. The standard InChI is InChI=1S/C106H76N2/c1-105(2)97-50-27-25-44-88(97)90-60-57-80(67-99(90)105)107(103-94-48-23-19-42-86(94)84-40-17-21-46-92(84)101(103)74-36-15-8-16-37-74)79-56-59-83(96(66-79)72-34-13-7-14-35-72)73-54-52-71(53-55-73)75-38-29-39-76(62-75)102-93-47-22-18-41-85(93)87-43-20-24-49-95(87)104(102)108(81-58-61-91-89-45-26-28-51-98(89)106(3,4)100(91)68-81)82-64-77(69-30-9-5-10-31-69)63-78(65-82)70-32-11-6-12-33-70/h5-68H,1-4H3. The van der Waals surface area contributed by atoms with Crippen LogP contribution in [0.25, 0.3) is 143 Å². The molecule has 0 aromatic heterocycles. The number of hydrogen-bond acceptors (Lipinski definition) is 2. The second-order valence-electron chi connectivity index (χ2n) is 30.2. The van der Waals surface area contributed by atoms with Gasteiger partial charge in [0.1, 0.15) is 0 Å². The topological polar surface area (TPSA) is 6.48 Å². The maximum atomic E-state index is 2.59. The molecular weight excluding hydrogens is 1300 g/mol. The van der Waals surface area contributed by atoms with E-state index in [1.807, 2.05) is 0 Å². The van der Waals surface area contributed by atoms with Gasteiger partial charge in [-0.3, -0.25) is 0 Å². The normalized spacial score (nSPS) is 13.0. The van der Waals surface area contributed by atoms with E-state index in [9.17, 15) is 0 Å². The van der Waals surface area contributed by atoms with Crippen molar-refractivity contribution in [3.05, 3.63) is 411 Å². The third-order valence-corrected chi connectivity index (χ3v) is 23.4. The molecule has 0 saturated heterocycles. The molecule has 0 aliphatic heterocycles. The number of nitrogens with zero attached hydrogens (tertiary/aromatic N) is 2. The van der Waals surface area contributed by atoms with Crippen molar-refractivity contribution < 1.29 is 0 Å². The fraction of sp³-hybridized carbons (Fsp3) is 0.0566. The van der Waals surface area contributed by atoms with Gasteiger partial charge in [0.05, 0.1) is 11.4 Å². The van der Waals surface area contributed by atoms with Crippen LogP contribution < -0.4 is 9.80 Å². The van der Waals surface area contributed by atoms with Crippen molar-refractivity contribution in [3.8, 4) is 100 Å². The lowest BCUT2D eigenvalue weighted by Crippen LogP contribution is -2.17. The second-order valence-corrected chi connectivity index (χ2v) is 30.2. The van der Waals surface area contributed by atoms with Crippen molar-refractivity contribution in [2.45, 2.75) is 38.5 Å². The third kappa shape index (κ3) is 10.5. The summed E-state index contributed by atoms with van der Waals surface area (Å²) in [6.45, 7) is 9.56. The van der Waals surface area contributed by atoms with Crippen molar-refractivity contribution in [3.63, 3.8) is 0 Å². The molecule has 0 bridgehead atoms. The molecule has 0 amide bonds. The number of benzene rings is 18. The van der Waals surface area contributed by atoms with E-state index in [2.05, 4.69) is 426 Å². The predicted molar refractivity (Wildman–Crippen MR) is 459 cm³/mol. The van der Waals surface area contributed by atoms with Gasteiger partial charge in [-0.05, 0) is 204 Å². The van der Waals surface area contributed by atoms with Crippen LogP contribution in [0.3, 0.4) is 0 Å². The quantitative estimate of drug-likeness (QED) is 0.106. The van der Waals surface area contributed by atoms with Gasteiger partial charge in [-0.25, -0.2) is 0 Å². The van der Waals surface area contributed by atoms with Crippen LogP contribution in [0.1, 0.15) is 49.9 Å². The minimum atomic E-state index is -0.239. The second kappa shape index (κ2) is 25.7. The highest BCUT2D eigenvalue weighted by atomic mass is 15.2. The number of hydrogen-bond donors (Lipinski definition) is 0. The average molecular weight is 1380 g/mol. The maximum Gasteiger partial charge on any atom is 0.0624 e. The summed E-state index contributed by atoms with van der Waals surface area (Å²) in [4.78, 5) is 5.16. The predicted octanol–water partition coefficient (Wildman–Crippen LogP) is 29.5. The van der Waals surface area contributed by atoms with Gasteiger partial charge in [0.25, 0.3) is 0 Å². The summed E-state index contributed by atoms with van der Waals surface area (Å²) in [6, 6.07) is 145. The molecule has 0 radical (unpaired) electrons. The Balaban J connectivity index is 0.762. The Labute approximate surface area is 632 Å². The van der Waals surface area contributed by atoms with Crippen LogP contribution >= 0.6 is 0 Å². The Morgan fingerprint density at radius 2 is 0.481 bits per heavy atom. The monoisotopic (exact) mass is 1380 g/mol. The molecule has 510 valence electrons. The molecule has 2 aliphatic carbocycles. The van der Waals surface area contributed by atoms with Crippen LogP contribution in [0.4, 0.5) is 34.1 Å². The van der Waals surface area contributed by atoms with Crippen LogP contribution in [0.15, 0.2) is 388 Å². The van der Waals surface area contributed by atoms with Crippen LogP contribution in [0, 0.1) is 0 Å². The largest absolute Gasteiger partial charge is 0.309 e. The highest BCUT2D eigenvalue weighted by Crippen LogP contribution is 2.58. The summed E-state index contributed by atoms with van der Waals surface area (Å²) in [6.07, 6.45) is 0. The van der Waals surface area contributed by atoms with Crippen molar-refractivity contribution in [2.24, 2.45) is 0 Å². The van der Waals surface area contributed by atoms with Gasteiger partial charge in [-0.15, -0.1) is 0 Å². The van der Waals surface area contributed by atoms with E-state index in [0.29, 0.717) is 0 Å². The molecule has 0 heterocycles. The summed E-state index contributed by atoms with van der Waals surface area (Å²) in [5.41, 5.74) is 32.8. The van der Waals surface area contributed by atoms with Crippen molar-refractivity contribution in [2.75, 3.05) is 9.80 Å². The summed E-state index contributed by atoms with van der Waals surface area (Å²) in [5, 5.41) is 9.62. The molecule has 2 nitrogen and oxygen atoms in total. The van der Waals surface area contributed by atoms with E-state index >= 15 is 0 Å². The fourth-order valence-corrected chi connectivity index (χ4v) is 18.2. The fourth-order valence-electron chi connectivity index (χ4n) is 18.2. The SMILES string of the molecule is CC1(C)c2ccccc2-c2ccc(N(c3cc(-c4ccccc4)cc(-c4ccccc4)c3)c3c(-c4cccc(-c5ccc(-c6ccc(N(c7ccc8c(c7)C(C)(C)c7ccccc7-8)c7c(-c8ccccc8)c8ccccc8c8ccccc78)cc6-c6ccccc6)cc5)c4)c4ccccc4c4ccccc34)cc21. The lowest BCUT2D eigenvalue weighted by Gasteiger charge is -2.32. The van der Waals surface area contributed by atoms with Gasteiger partial charge in [0, 0.05) is 55.5 Å². The van der Waals surface area contributed by atoms with Gasteiger partial charge in [0.2, 0.25) is 0 Å². The molecular formula is C106H76N2. The molecule has 18 aromatic carbocycles. The molecule has 2 heteroatoms. The van der Waals surface area contributed by atoms with E-state index < -0.39 is 0 Å². The van der Waals surface area contributed by atoms with Crippen LogP contribution in [-0.4, -0.2) is 0 Å². The number of rotatable bonds is 13. The molecule has 20 rings (SSSR count). The van der Waals surface area contributed by atoms with Crippen molar-refractivity contribution >= 4 is 77.2 Å². The first-order chi connectivity index (χ1) is 53.1. The van der Waals surface area contributed by atoms with E-state index in [4.69, 9.17) is 0 Å². The van der Waals surface area contributed by atoms with Crippen LogP contribution in [0.5, 0.6) is 0 Å². The Hall–Kier alpha value is -13.4. The minimum absolute atomic E-state index is 0.221. The lowest BCUT2D eigenvalue weighted by molar-refractivity contribution is 0.660. The van der Waals surface area contributed by atoms with Gasteiger partial charge < -0.3 is 9.80 Å². The Morgan fingerprint density at radius 1 is 0.167 bits per heavy atom. The van der Waals surface area contributed by atoms with Crippen LogP contribution in [0.2, 0.25) is 0 Å². The van der Waals surface area contributed by atoms with Gasteiger partial charge in [0.15, 0.2) is 0 Å². The first-order valence-corrected chi connectivity index (χ1v) is 37.8. The summed E-state index contributed by atoms with van der Waals surface area (Å²) >= 11 is 0. The molecule has 18 aromatic rings. The molecule has 0 N–H and O–H groups in total. The summed E-state index contributed by atoms with van der Waals surface area (Å²) in [7, 11) is 0. The van der Waals surface area contributed by atoms with E-state index in [1.54, 1.807) is 0 Å². The number of anilines is 6. The van der Waals surface area contributed by atoms with E-state index in [1.165, 1.54) is 104 Å². The highest BCUT2D eigenvalue weighted by Gasteiger charge is 2.39. The smallest absolute Gasteiger partial charge is 0.0624 e. The third-order valence-electron chi connectivity index (χ3n) is 23.4. The van der Waals surface area contributed by atoms with Crippen molar-refractivity contribution in [1.82, 2.24) is 0 Å².